The van der Waals surface area contributed by atoms with Gasteiger partial charge in [0.15, 0.2) is 0 Å². The van der Waals surface area contributed by atoms with Crippen LogP contribution in [0, 0.1) is 5.82 Å². The Labute approximate surface area is 267 Å². The molecule has 3 aromatic carbocycles. The third kappa shape index (κ3) is 8.04. The lowest BCUT2D eigenvalue weighted by molar-refractivity contribution is -0.137. The van der Waals surface area contributed by atoms with E-state index >= 15 is 0 Å². The molecular weight excluding hydrogens is 618 g/mol. The lowest BCUT2D eigenvalue weighted by Crippen LogP contribution is -2.23. The fourth-order valence-electron chi connectivity index (χ4n) is 5.32. The number of rotatable bonds is 12. The Morgan fingerprint density at radius 2 is 1.55 bits per heavy atom. The van der Waals surface area contributed by atoms with Gasteiger partial charge in [0.25, 0.3) is 5.56 Å². The molecule has 246 valence electrons. The Bertz CT molecular complexity index is 1890. The number of ether oxygens (including phenoxy) is 2. The summed E-state index contributed by atoms with van der Waals surface area (Å²) in [4.78, 5) is 20.2. The van der Waals surface area contributed by atoms with Crippen LogP contribution in [0.1, 0.15) is 53.5 Å². The molecule has 0 bridgehead atoms. The molecule has 0 aliphatic carbocycles. The van der Waals surface area contributed by atoms with Crippen LogP contribution in [-0.4, -0.2) is 44.3 Å². The molecule has 0 saturated heterocycles. The van der Waals surface area contributed by atoms with Gasteiger partial charge in [0, 0.05) is 18.1 Å². The van der Waals surface area contributed by atoms with Gasteiger partial charge < -0.3 is 19.6 Å². The van der Waals surface area contributed by atoms with Gasteiger partial charge in [-0.1, -0.05) is 35.5 Å². The molecule has 0 aliphatic heterocycles. The third-order valence-corrected chi connectivity index (χ3v) is 7.85. The van der Waals surface area contributed by atoms with E-state index in [0.717, 1.165) is 23.3 Å². The van der Waals surface area contributed by atoms with Crippen LogP contribution in [-0.2, 0) is 31.2 Å². The lowest BCUT2D eigenvalue weighted by Gasteiger charge is -2.25. The lowest BCUT2D eigenvalue weighted by atomic mass is 9.89. The second-order valence-electron chi connectivity index (χ2n) is 11.3. The summed E-state index contributed by atoms with van der Waals surface area (Å²) in [5, 5.41) is 19.9. The zero-order chi connectivity index (χ0) is 33.8. The summed E-state index contributed by atoms with van der Waals surface area (Å²) in [7, 11) is 3.14. The van der Waals surface area contributed by atoms with Crippen LogP contribution in [0.15, 0.2) is 77.6 Å². The molecule has 1 atom stereocenters. The van der Waals surface area contributed by atoms with Crippen molar-refractivity contribution in [3.8, 4) is 22.9 Å². The largest absolute Gasteiger partial charge is 0.497 e. The van der Waals surface area contributed by atoms with Gasteiger partial charge in [-0.05, 0) is 73.7 Å². The van der Waals surface area contributed by atoms with E-state index < -0.39 is 23.2 Å². The van der Waals surface area contributed by atoms with E-state index in [1.165, 1.54) is 13.0 Å². The zero-order valence-electron chi connectivity index (χ0n) is 25.9. The Kier molecular flexibility index (Phi) is 9.75. The van der Waals surface area contributed by atoms with Gasteiger partial charge in [-0.3, -0.25) is 4.79 Å². The fraction of sp³-hybridized carbons (Fsp3) is 0.294. The van der Waals surface area contributed by atoms with Crippen molar-refractivity contribution < 1.29 is 32.1 Å². The fourth-order valence-corrected chi connectivity index (χ4v) is 5.32. The SMILES string of the molecule is COc1ccc(Cc2nc(-c3nnn(Cc4ccc(OC)cc4)c3CCCC(C)(O)c3ccc(C(F)(F)F)cc3F)cc(=O)[nH]2)cc1. The predicted octanol–water partition coefficient (Wildman–Crippen LogP) is 6.07. The van der Waals surface area contributed by atoms with Gasteiger partial charge >= 0.3 is 6.18 Å². The molecule has 5 rings (SSSR count). The molecule has 1 unspecified atom stereocenters. The van der Waals surface area contributed by atoms with Crippen LogP contribution >= 0.6 is 0 Å². The molecule has 9 nitrogen and oxygen atoms in total. The van der Waals surface area contributed by atoms with Crippen molar-refractivity contribution in [3.05, 3.63) is 123 Å². The molecule has 2 aromatic heterocycles. The van der Waals surface area contributed by atoms with E-state index in [2.05, 4.69) is 20.3 Å². The minimum absolute atomic E-state index is 0.00790. The number of hydrogen-bond acceptors (Lipinski definition) is 7. The second-order valence-corrected chi connectivity index (χ2v) is 11.3. The molecule has 0 amide bonds. The number of alkyl halides is 3. The highest BCUT2D eigenvalue weighted by atomic mass is 19.4. The van der Waals surface area contributed by atoms with Crippen LogP contribution in [0.5, 0.6) is 11.5 Å². The molecule has 0 saturated carbocycles. The second kappa shape index (κ2) is 13.8. The van der Waals surface area contributed by atoms with Crippen molar-refractivity contribution >= 4 is 0 Å². The minimum atomic E-state index is -4.71. The normalized spacial score (nSPS) is 12.9. The summed E-state index contributed by atoms with van der Waals surface area (Å²) in [5.74, 6) is 0.646. The number of methoxy groups -OCH3 is 2. The number of aliphatic hydroxyl groups is 1. The zero-order valence-corrected chi connectivity index (χ0v) is 25.9. The van der Waals surface area contributed by atoms with Crippen LogP contribution in [0.25, 0.3) is 11.4 Å². The smallest absolute Gasteiger partial charge is 0.416 e. The Balaban J connectivity index is 1.43. The van der Waals surface area contributed by atoms with Gasteiger partial charge in [0.2, 0.25) is 0 Å². The number of nitrogens with one attached hydrogen (secondary N) is 1. The maximum absolute atomic E-state index is 14.8. The van der Waals surface area contributed by atoms with Crippen LogP contribution in [0.2, 0.25) is 0 Å². The molecular formula is C34H33F4N5O4. The van der Waals surface area contributed by atoms with Crippen molar-refractivity contribution in [1.29, 1.82) is 0 Å². The van der Waals surface area contributed by atoms with E-state index in [-0.39, 0.29) is 30.4 Å². The van der Waals surface area contributed by atoms with Gasteiger partial charge in [-0.15, -0.1) is 5.10 Å². The first kappa shape index (κ1) is 33.3. The van der Waals surface area contributed by atoms with E-state index in [1.54, 1.807) is 18.9 Å². The average Bonchev–Trinajstić information content (AvgIpc) is 3.42. The Morgan fingerprint density at radius 1 is 0.915 bits per heavy atom. The first-order valence-electron chi connectivity index (χ1n) is 14.7. The van der Waals surface area contributed by atoms with Crippen molar-refractivity contribution in [1.82, 2.24) is 25.0 Å². The van der Waals surface area contributed by atoms with Crippen molar-refractivity contribution in [2.75, 3.05) is 14.2 Å². The standard InChI is InChI=1S/C34H33F4N5O4/c1-33(45,26-15-10-23(18-27(26)35)34(36,37)38)16-4-5-29-32(41-42-43(29)20-22-8-13-25(47-3)14-9-22)28-19-31(44)40-30(39-28)17-21-6-11-24(46-2)12-7-21/h6-15,18-19,45H,4-5,16-17,20H2,1-3H3,(H,39,40,44). The molecule has 0 aliphatic rings. The number of aromatic amines is 1. The monoisotopic (exact) mass is 651 g/mol. The highest BCUT2D eigenvalue weighted by Crippen LogP contribution is 2.35. The van der Waals surface area contributed by atoms with E-state index in [0.29, 0.717) is 53.4 Å². The van der Waals surface area contributed by atoms with E-state index in [9.17, 15) is 27.5 Å². The number of hydrogen-bond donors (Lipinski definition) is 2. The number of nitrogens with zero attached hydrogens (tertiary/aromatic N) is 4. The Morgan fingerprint density at radius 3 is 2.15 bits per heavy atom. The van der Waals surface area contributed by atoms with Crippen LogP contribution in [0.4, 0.5) is 17.6 Å². The third-order valence-electron chi connectivity index (χ3n) is 7.85. The first-order valence-corrected chi connectivity index (χ1v) is 14.7. The van der Waals surface area contributed by atoms with E-state index in [4.69, 9.17) is 9.47 Å². The number of H-pyrrole nitrogens is 1. The summed E-state index contributed by atoms with van der Waals surface area (Å²) < 4.78 is 66.1. The average molecular weight is 652 g/mol. The molecule has 0 fully saturated rings. The number of aromatic nitrogens is 5. The summed E-state index contributed by atoms with van der Waals surface area (Å²) in [5.41, 5.74) is -0.466. The maximum Gasteiger partial charge on any atom is 0.416 e. The Hall–Kier alpha value is -5.04. The minimum Gasteiger partial charge on any atom is -0.497 e. The summed E-state index contributed by atoms with van der Waals surface area (Å²) in [6, 6.07) is 18.2. The number of halogens is 4. The molecule has 2 N–H and O–H groups in total. The molecule has 0 spiro atoms. The van der Waals surface area contributed by atoms with Gasteiger partial charge in [-0.25, -0.2) is 14.1 Å². The quantitative estimate of drug-likeness (QED) is 0.157. The summed E-state index contributed by atoms with van der Waals surface area (Å²) in [6.07, 6.45) is -3.81. The van der Waals surface area contributed by atoms with Gasteiger partial charge in [0.05, 0.1) is 37.6 Å². The summed E-state index contributed by atoms with van der Waals surface area (Å²) in [6.45, 7) is 1.67. The number of benzene rings is 3. The van der Waals surface area contributed by atoms with Gasteiger partial charge in [-0.2, -0.15) is 13.2 Å². The predicted molar refractivity (Wildman–Crippen MR) is 166 cm³/mol. The molecule has 5 aromatic rings. The van der Waals surface area contributed by atoms with Crippen molar-refractivity contribution in [3.63, 3.8) is 0 Å². The van der Waals surface area contributed by atoms with Crippen LogP contribution < -0.4 is 15.0 Å². The van der Waals surface area contributed by atoms with Gasteiger partial charge in [0.1, 0.15) is 34.5 Å². The molecule has 0 radical (unpaired) electrons. The topological polar surface area (TPSA) is 115 Å². The molecule has 47 heavy (non-hydrogen) atoms. The van der Waals surface area contributed by atoms with E-state index in [1.807, 2.05) is 48.5 Å². The first-order chi connectivity index (χ1) is 22.4. The molecule has 13 heteroatoms. The highest BCUT2D eigenvalue weighted by molar-refractivity contribution is 5.56. The summed E-state index contributed by atoms with van der Waals surface area (Å²) >= 11 is 0. The van der Waals surface area contributed by atoms with Crippen molar-refractivity contribution in [2.24, 2.45) is 0 Å². The molecule has 2 heterocycles. The van der Waals surface area contributed by atoms with Crippen molar-refractivity contribution in [2.45, 2.75) is 50.9 Å². The highest BCUT2D eigenvalue weighted by Gasteiger charge is 2.34. The maximum atomic E-state index is 14.8. The van der Waals surface area contributed by atoms with Crippen LogP contribution in [0.3, 0.4) is 0 Å².